The Kier molecular flexibility index (Phi) is 9.90. The summed E-state index contributed by atoms with van der Waals surface area (Å²) in [6.07, 6.45) is -3.82. The Hall–Kier alpha value is -2.12. The Balaban J connectivity index is 0.000000439. The summed E-state index contributed by atoms with van der Waals surface area (Å²) >= 11 is 0. The van der Waals surface area contributed by atoms with E-state index in [1.807, 2.05) is 20.8 Å². The Morgan fingerprint density at radius 2 is 1.35 bits per heavy atom. The van der Waals surface area contributed by atoms with Gasteiger partial charge in [0.15, 0.2) is 0 Å². The van der Waals surface area contributed by atoms with E-state index in [1.54, 1.807) is 6.92 Å². The molecule has 0 saturated carbocycles. The van der Waals surface area contributed by atoms with Crippen molar-refractivity contribution in [2.45, 2.75) is 52.9 Å². The second-order valence-corrected chi connectivity index (χ2v) is 4.84. The molecular weight excluding hydrogens is 358 g/mol. The summed E-state index contributed by atoms with van der Waals surface area (Å²) in [5.74, 6) is 0. The van der Waals surface area contributed by atoms with Crippen LogP contribution in [0.5, 0.6) is 0 Å². The van der Waals surface area contributed by atoms with Crippen LogP contribution in [0, 0.1) is 0 Å². The molecular formula is C18H22F6N2. The molecule has 8 heteroatoms. The van der Waals surface area contributed by atoms with E-state index in [1.165, 1.54) is 18.5 Å². The van der Waals surface area contributed by atoms with Crippen LogP contribution in [-0.4, -0.2) is 9.97 Å². The summed E-state index contributed by atoms with van der Waals surface area (Å²) in [6.45, 7) is 7.65. The number of rotatable bonds is 2. The Labute approximate surface area is 149 Å². The monoisotopic (exact) mass is 380 g/mol. The lowest BCUT2D eigenvalue weighted by atomic mass is 10.1. The van der Waals surface area contributed by atoms with Gasteiger partial charge in [-0.2, -0.15) is 26.3 Å². The van der Waals surface area contributed by atoms with Crippen molar-refractivity contribution in [1.82, 2.24) is 9.97 Å². The molecule has 0 saturated heterocycles. The van der Waals surface area contributed by atoms with E-state index in [-0.39, 0.29) is 0 Å². The van der Waals surface area contributed by atoms with E-state index < -0.39 is 23.6 Å². The van der Waals surface area contributed by atoms with Crippen molar-refractivity contribution in [3.63, 3.8) is 0 Å². The van der Waals surface area contributed by atoms with Gasteiger partial charge in [0.05, 0.1) is 5.56 Å². The maximum absolute atomic E-state index is 12.1. The normalized spacial score (nSPS) is 11.0. The molecule has 0 unspecified atom stereocenters. The van der Waals surface area contributed by atoms with Gasteiger partial charge in [0, 0.05) is 18.6 Å². The summed E-state index contributed by atoms with van der Waals surface area (Å²) in [5, 5.41) is 0. The number of nitrogens with zero attached hydrogens (tertiary/aromatic N) is 2. The molecule has 0 aliphatic heterocycles. The van der Waals surface area contributed by atoms with Crippen molar-refractivity contribution >= 4 is 0 Å². The van der Waals surface area contributed by atoms with Gasteiger partial charge < -0.3 is 0 Å². The quantitative estimate of drug-likeness (QED) is 0.567. The maximum atomic E-state index is 12.1. The molecule has 2 rings (SSSR count). The Morgan fingerprint density at radius 1 is 0.769 bits per heavy atom. The Bertz CT molecular complexity index is 633. The van der Waals surface area contributed by atoms with E-state index >= 15 is 0 Å². The zero-order valence-electron chi connectivity index (χ0n) is 15.0. The van der Waals surface area contributed by atoms with Crippen molar-refractivity contribution in [3.8, 4) is 0 Å². The second-order valence-electron chi connectivity index (χ2n) is 4.84. The number of aromatic nitrogens is 2. The summed E-state index contributed by atoms with van der Waals surface area (Å²) in [5.41, 5.74) is -0.102. The summed E-state index contributed by atoms with van der Waals surface area (Å²) < 4.78 is 72.1. The number of hydrogen-bond acceptors (Lipinski definition) is 2. The minimum absolute atomic E-state index is 0.566. The second kappa shape index (κ2) is 10.8. The van der Waals surface area contributed by atoms with Crippen molar-refractivity contribution < 1.29 is 26.3 Å². The molecule has 0 fully saturated rings. The molecule has 0 atom stereocenters. The first-order chi connectivity index (χ1) is 12.1. The number of aryl methyl sites for hydroxylation is 2. The lowest BCUT2D eigenvalue weighted by molar-refractivity contribution is -0.141. The Morgan fingerprint density at radius 3 is 1.73 bits per heavy atom. The third kappa shape index (κ3) is 8.31. The van der Waals surface area contributed by atoms with Gasteiger partial charge in [0.2, 0.25) is 0 Å². The minimum atomic E-state index is -4.33. The molecule has 2 aromatic rings. The fourth-order valence-corrected chi connectivity index (χ4v) is 1.64. The molecule has 0 spiro atoms. The van der Waals surface area contributed by atoms with Crippen LogP contribution in [0.4, 0.5) is 26.3 Å². The molecule has 2 nitrogen and oxygen atoms in total. The molecule has 0 N–H and O–H groups in total. The van der Waals surface area contributed by atoms with E-state index in [0.29, 0.717) is 18.4 Å². The van der Waals surface area contributed by atoms with Crippen LogP contribution in [0.3, 0.4) is 0 Å². The lowest BCUT2D eigenvalue weighted by Crippen LogP contribution is -2.07. The van der Waals surface area contributed by atoms with Gasteiger partial charge in [0.25, 0.3) is 0 Å². The summed E-state index contributed by atoms with van der Waals surface area (Å²) in [6, 6.07) is 3.56. The molecule has 2 heterocycles. The molecule has 146 valence electrons. The molecule has 0 amide bonds. The van der Waals surface area contributed by atoms with Crippen LogP contribution in [0.1, 0.15) is 50.1 Å². The molecule has 2 aromatic heterocycles. The van der Waals surface area contributed by atoms with Crippen LogP contribution in [0.15, 0.2) is 36.8 Å². The standard InChI is InChI=1S/2C8H8F3N.C2H6/c1-2-6-3-7(5-12-4-6)8(9,10)11;1-2-6-3-4-7(12-5-6)8(9,10)11;1-2/h2*3-5H,2H2,1H3;1-2H3. The van der Waals surface area contributed by atoms with Gasteiger partial charge in [-0.15, -0.1) is 0 Å². The van der Waals surface area contributed by atoms with E-state index in [4.69, 9.17) is 0 Å². The zero-order valence-corrected chi connectivity index (χ0v) is 15.0. The number of halogens is 6. The zero-order chi connectivity index (χ0) is 20.4. The first-order valence-corrected chi connectivity index (χ1v) is 8.11. The fraction of sp³-hybridized carbons (Fsp3) is 0.444. The average molecular weight is 380 g/mol. The summed E-state index contributed by atoms with van der Waals surface area (Å²) in [4.78, 5) is 6.80. The van der Waals surface area contributed by atoms with Crippen LogP contribution in [0.25, 0.3) is 0 Å². The highest BCUT2D eigenvalue weighted by Crippen LogP contribution is 2.29. The lowest BCUT2D eigenvalue weighted by Gasteiger charge is -2.06. The smallest absolute Gasteiger partial charge is 0.264 e. The van der Waals surface area contributed by atoms with Crippen LogP contribution in [0.2, 0.25) is 0 Å². The third-order valence-corrected chi connectivity index (χ3v) is 3.05. The van der Waals surface area contributed by atoms with Crippen molar-refractivity contribution in [1.29, 1.82) is 0 Å². The predicted octanol–water partition coefficient (Wildman–Crippen LogP) is 6.35. The summed E-state index contributed by atoms with van der Waals surface area (Å²) in [7, 11) is 0. The molecule has 26 heavy (non-hydrogen) atoms. The average Bonchev–Trinajstić information content (AvgIpc) is 2.62. The highest BCUT2D eigenvalue weighted by Gasteiger charge is 2.32. The van der Waals surface area contributed by atoms with Gasteiger partial charge in [0.1, 0.15) is 5.69 Å². The van der Waals surface area contributed by atoms with Gasteiger partial charge in [-0.1, -0.05) is 33.8 Å². The van der Waals surface area contributed by atoms with E-state index in [2.05, 4.69) is 9.97 Å². The van der Waals surface area contributed by atoms with Gasteiger partial charge in [-0.25, -0.2) is 0 Å². The van der Waals surface area contributed by atoms with Crippen LogP contribution >= 0.6 is 0 Å². The highest BCUT2D eigenvalue weighted by atomic mass is 19.4. The predicted molar refractivity (Wildman–Crippen MR) is 88.6 cm³/mol. The number of hydrogen-bond donors (Lipinski definition) is 0. The van der Waals surface area contributed by atoms with Gasteiger partial charge in [-0.05, 0) is 36.1 Å². The largest absolute Gasteiger partial charge is 0.433 e. The fourth-order valence-electron chi connectivity index (χ4n) is 1.64. The van der Waals surface area contributed by atoms with Crippen molar-refractivity contribution in [2.75, 3.05) is 0 Å². The molecule has 0 bridgehead atoms. The van der Waals surface area contributed by atoms with Crippen LogP contribution in [-0.2, 0) is 25.2 Å². The maximum Gasteiger partial charge on any atom is 0.433 e. The van der Waals surface area contributed by atoms with E-state index in [9.17, 15) is 26.3 Å². The first-order valence-electron chi connectivity index (χ1n) is 8.11. The highest BCUT2D eigenvalue weighted by molar-refractivity contribution is 5.20. The minimum Gasteiger partial charge on any atom is -0.264 e. The van der Waals surface area contributed by atoms with Crippen molar-refractivity contribution in [2.24, 2.45) is 0 Å². The van der Waals surface area contributed by atoms with Gasteiger partial charge >= 0.3 is 12.4 Å². The van der Waals surface area contributed by atoms with E-state index in [0.717, 1.165) is 23.9 Å². The first kappa shape index (κ1) is 23.9. The molecule has 0 radical (unpaired) electrons. The van der Waals surface area contributed by atoms with Gasteiger partial charge in [-0.3, -0.25) is 9.97 Å². The molecule has 0 aromatic carbocycles. The SMILES string of the molecule is CC.CCc1ccc(C(F)(F)F)nc1.CCc1cncc(C(F)(F)F)c1. The topological polar surface area (TPSA) is 25.8 Å². The third-order valence-electron chi connectivity index (χ3n) is 3.05. The molecule has 0 aliphatic rings. The molecule has 0 aliphatic carbocycles. The number of alkyl halides is 6. The number of pyridine rings is 2. The van der Waals surface area contributed by atoms with Crippen molar-refractivity contribution in [3.05, 3.63) is 59.2 Å². The van der Waals surface area contributed by atoms with Crippen LogP contribution < -0.4 is 0 Å².